The van der Waals surface area contributed by atoms with E-state index in [0.29, 0.717) is 11.4 Å². The summed E-state index contributed by atoms with van der Waals surface area (Å²) in [5.41, 5.74) is 3.66. The predicted octanol–water partition coefficient (Wildman–Crippen LogP) is 2.77. The molecule has 0 spiro atoms. The molecule has 0 aliphatic heterocycles. The SMILES string of the molecule is NNc1cc(C(=O)Nc2ccc3ccccc3c2)ccn1. The third-order valence-electron chi connectivity index (χ3n) is 3.18. The molecule has 104 valence electrons. The van der Waals surface area contributed by atoms with Crippen LogP contribution >= 0.6 is 0 Å². The van der Waals surface area contributed by atoms with Crippen LogP contribution in [0, 0.1) is 0 Å². The Morgan fingerprint density at radius 1 is 1.00 bits per heavy atom. The van der Waals surface area contributed by atoms with Crippen LogP contribution < -0.4 is 16.6 Å². The second-order valence-corrected chi connectivity index (χ2v) is 4.59. The quantitative estimate of drug-likeness (QED) is 0.508. The van der Waals surface area contributed by atoms with Gasteiger partial charge in [-0.15, -0.1) is 0 Å². The van der Waals surface area contributed by atoms with Gasteiger partial charge in [0, 0.05) is 17.4 Å². The van der Waals surface area contributed by atoms with E-state index in [4.69, 9.17) is 5.84 Å². The van der Waals surface area contributed by atoms with Crippen molar-refractivity contribution in [1.82, 2.24) is 4.98 Å². The molecule has 0 fully saturated rings. The van der Waals surface area contributed by atoms with Gasteiger partial charge in [-0.05, 0) is 35.0 Å². The van der Waals surface area contributed by atoms with Gasteiger partial charge in [0.25, 0.3) is 5.91 Å². The number of nitrogens with two attached hydrogens (primary N) is 1. The van der Waals surface area contributed by atoms with Crippen molar-refractivity contribution in [2.75, 3.05) is 10.7 Å². The third kappa shape index (κ3) is 2.82. The largest absolute Gasteiger partial charge is 0.322 e. The standard InChI is InChI=1S/C16H14N4O/c17-20-15-10-13(7-8-18-15)16(21)19-14-6-5-11-3-1-2-4-12(11)9-14/h1-10H,17H2,(H,18,20)(H,19,21). The minimum absolute atomic E-state index is 0.204. The lowest BCUT2D eigenvalue weighted by Gasteiger charge is -2.07. The molecule has 1 heterocycles. The lowest BCUT2D eigenvalue weighted by molar-refractivity contribution is 0.102. The molecule has 0 saturated heterocycles. The van der Waals surface area contributed by atoms with Crippen LogP contribution in [0.3, 0.4) is 0 Å². The van der Waals surface area contributed by atoms with Crippen molar-refractivity contribution in [2.24, 2.45) is 5.84 Å². The maximum absolute atomic E-state index is 12.2. The van der Waals surface area contributed by atoms with E-state index in [-0.39, 0.29) is 5.91 Å². The van der Waals surface area contributed by atoms with E-state index in [2.05, 4.69) is 15.7 Å². The Kier molecular flexibility index (Phi) is 3.49. The topological polar surface area (TPSA) is 80.0 Å². The number of anilines is 2. The van der Waals surface area contributed by atoms with Gasteiger partial charge in [-0.2, -0.15) is 0 Å². The Morgan fingerprint density at radius 3 is 2.62 bits per heavy atom. The summed E-state index contributed by atoms with van der Waals surface area (Å²) in [5.74, 6) is 5.53. The van der Waals surface area contributed by atoms with Crippen molar-refractivity contribution >= 4 is 28.2 Å². The van der Waals surface area contributed by atoms with Crippen molar-refractivity contribution in [3.05, 3.63) is 66.4 Å². The van der Waals surface area contributed by atoms with Crippen LogP contribution in [0.1, 0.15) is 10.4 Å². The molecule has 0 saturated carbocycles. The Bertz CT molecular complexity index is 801. The average molecular weight is 278 g/mol. The molecule has 5 nitrogen and oxygen atoms in total. The number of nitrogen functional groups attached to an aromatic ring is 1. The highest BCUT2D eigenvalue weighted by atomic mass is 16.1. The average Bonchev–Trinajstić information content (AvgIpc) is 2.54. The first kappa shape index (κ1) is 13.1. The van der Waals surface area contributed by atoms with Crippen molar-refractivity contribution in [2.45, 2.75) is 0 Å². The number of rotatable bonds is 3. The van der Waals surface area contributed by atoms with Crippen LogP contribution in [0.4, 0.5) is 11.5 Å². The van der Waals surface area contributed by atoms with Crippen LogP contribution in [0.25, 0.3) is 10.8 Å². The van der Waals surface area contributed by atoms with E-state index < -0.39 is 0 Å². The van der Waals surface area contributed by atoms with Gasteiger partial charge < -0.3 is 10.7 Å². The molecular formula is C16H14N4O. The maximum Gasteiger partial charge on any atom is 0.255 e. The van der Waals surface area contributed by atoms with E-state index in [9.17, 15) is 4.79 Å². The second kappa shape index (κ2) is 5.60. The third-order valence-corrected chi connectivity index (χ3v) is 3.18. The number of hydrazine groups is 1. The molecule has 0 bridgehead atoms. The Labute approximate surface area is 121 Å². The van der Waals surface area contributed by atoms with E-state index >= 15 is 0 Å². The van der Waals surface area contributed by atoms with Gasteiger partial charge >= 0.3 is 0 Å². The second-order valence-electron chi connectivity index (χ2n) is 4.59. The fourth-order valence-corrected chi connectivity index (χ4v) is 2.12. The van der Waals surface area contributed by atoms with Gasteiger partial charge in [-0.25, -0.2) is 10.8 Å². The van der Waals surface area contributed by atoms with Crippen molar-refractivity contribution in [3.63, 3.8) is 0 Å². The molecule has 0 atom stereocenters. The summed E-state index contributed by atoms with van der Waals surface area (Å²) in [6.07, 6.45) is 1.53. The molecule has 3 aromatic rings. The minimum atomic E-state index is -0.204. The zero-order chi connectivity index (χ0) is 14.7. The van der Waals surface area contributed by atoms with Gasteiger partial charge in [0.05, 0.1) is 0 Å². The summed E-state index contributed by atoms with van der Waals surface area (Å²) >= 11 is 0. The summed E-state index contributed by atoms with van der Waals surface area (Å²) < 4.78 is 0. The predicted molar refractivity (Wildman–Crippen MR) is 83.9 cm³/mol. The first-order valence-corrected chi connectivity index (χ1v) is 6.49. The number of hydrogen-bond donors (Lipinski definition) is 3. The van der Waals surface area contributed by atoms with Crippen LogP contribution in [-0.4, -0.2) is 10.9 Å². The van der Waals surface area contributed by atoms with E-state index in [1.165, 1.54) is 6.20 Å². The van der Waals surface area contributed by atoms with Gasteiger partial charge in [0.1, 0.15) is 5.82 Å². The fourth-order valence-electron chi connectivity index (χ4n) is 2.12. The van der Waals surface area contributed by atoms with E-state index in [1.54, 1.807) is 12.1 Å². The number of hydrogen-bond acceptors (Lipinski definition) is 4. The molecule has 4 N–H and O–H groups in total. The van der Waals surface area contributed by atoms with Crippen LogP contribution in [-0.2, 0) is 0 Å². The van der Waals surface area contributed by atoms with Crippen molar-refractivity contribution < 1.29 is 4.79 Å². The number of pyridine rings is 1. The normalized spacial score (nSPS) is 10.3. The highest BCUT2D eigenvalue weighted by molar-refractivity contribution is 6.05. The molecule has 5 heteroatoms. The molecule has 0 unspecified atom stereocenters. The van der Waals surface area contributed by atoms with Crippen LogP contribution in [0.5, 0.6) is 0 Å². The fraction of sp³-hybridized carbons (Fsp3) is 0. The number of nitrogens with zero attached hydrogens (tertiary/aromatic N) is 1. The number of amides is 1. The number of carbonyl (C=O) groups is 1. The summed E-state index contributed by atoms with van der Waals surface area (Å²) in [6, 6.07) is 17.0. The molecule has 0 aliphatic rings. The van der Waals surface area contributed by atoms with E-state index in [0.717, 1.165) is 16.5 Å². The molecule has 1 aromatic heterocycles. The zero-order valence-electron chi connectivity index (χ0n) is 11.2. The van der Waals surface area contributed by atoms with Crippen molar-refractivity contribution in [3.8, 4) is 0 Å². The number of nitrogens with one attached hydrogen (secondary N) is 2. The molecule has 0 aliphatic carbocycles. The number of fused-ring (bicyclic) bond motifs is 1. The Balaban J connectivity index is 1.85. The number of carbonyl (C=O) groups excluding carboxylic acids is 1. The molecule has 2 aromatic carbocycles. The van der Waals surface area contributed by atoms with Crippen molar-refractivity contribution in [1.29, 1.82) is 0 Å². The lowest BCUT2D eigenvalue weighted by Crippen LogP contribution is -2.14. The summed E-state index contributed by atoms with van der Waals surface area (Å²) in [7, 11) is 0. The minimum Gasteiger partial charge on any atom is -0.322 e. The Morgan fingerprint density at radius 2 is 1.81 bits per heavy atom. The smallest absolute Gasteiger partial charge is 0.255 e. The maximum atomic E-state index is 12.2. The number of benzene rings is 2. The molecule has 3 rings (SSSR count). The van der Waals surface area contributed by atoms with E-state index in [1.807, 2.05) is 42.5 Å². The molecular weight excluding hydrogens is 264 g/mol. The van der Waals surface area contributed by atoms with Gasteiger partial charge in [-0.1, -0.05) is 30.3 Å². The summed E-state index contributed by atoms with van der Waals surface area (Å²) in [4.78, 5) is 16.2. The van der Waals surface area contributed by atoms with Gasteiger partial charge in [-0.3, -0.25) is 4.79 Å². The summed E-state index contributed by atoms with van der Waals surface area (Å²) in [5, 5.41) is 5.08. The van der Waals surface area contributed by atoms with Crippen LogP contribution in [0.15, 0.2) is 60.8 Å². The lowest BCUT2D eigenvalue weighted by atomic mass is 10.1. The summed E-state index contributed by atoms with van der Waals surface area (Å²) in [6.45, 7) is 0. The van der Waals surface area contributed by atoms with Gasteiger partial charge in [0.2, 0.25) is 0 Å². The highest BCUT2D eigenvalue weighted by Gasteiger charge is 2.07. The number of aromatic nitrogens is 1. The first-order chi connectivity index (χ1) is 10.3. The first-order valence-electron chi connectivity index (χ1n) is 6.49. The van der Waals surface area contributed by atoms with Gasteiger partial charge in [0.15, 0.2) is 0 Å². The highest BCUT2D eigenvalue weighted by Crippen LogP contribution is 2.19. The van der Waals surface area contributed by atoms with Crippen LogP contribution in [0.2, 0.25) is 0 Å². The molecule has 1 amide bonds. The molecule has 21 heavy (non-hydrogen) atoms. The monoisotopic (exact) mass is 278 g/mol. The molecule has 0 radical (unpaired) electrons. The zero-order valence-corrected chi connectivity index (χ0v) is 11.2. The Hall–Kier alpha value is -2.92.